The van der Waals surface area contributed by atoms with Crippen molar-refractivity contribution in [2.75, 3.05) is 13.2 Å². The number of esters is 1. The van der Waals surface area contributed by atoms with Gasteiger partial charge in [-0.1, -0.05) is 0 Å². The number of hydrogen-bond acceptors (Lipinski definition) is 7. The normalized spacial score (nSPS) is 13.6. The quantitative estimate of drug-likeness (QED) is 0.190. The number of carbonyl (C=O) groups excluding carboxylic acids is 1. The maximum atomic E-state index is 13.3. The number of sulfone groups is 1. The smallest absolute Gasteiger partial charge is 0.475 e. The van der Waals surface area contributed by atoms with Crippen LogP contribution in [-0.2, 0) is 19.4 Å². The Morgan fingerprint density at radius 2 is 1.56 bits per heavy atom. The lowest BCUT2D eigenvalue weighted by Gasteiger charge is -2.31. The summed E-state index contributed by atoms with van der Waals surface area (Å²) in [6.45, 7) is -4.53. The number of nitrogens with zero attached hydrogens (tertiary/aromatic N) is 1. The molecule has 1 aromatic rings. The Bertz CT molecular complexity index is 1040. The van der Waals surface area contributed by atoms with E-state index in [2.05, 4.69) is 9.47 Å². The Labute approximate surface area is 180 Å². The number of alkyl halides is 11. The summed E-state index contributed by atoms with van der Waals surface area (Å²) in [4.78, 5) is 19.2. The van der Waals surface area contributed by atoms with Crippen LogP contribution in [0.15, 0.2) is 23.1 Å². The second kappa shape index (κ2) is 9.37. The molecule has 194 valence electrons. The largest absolute Gasteiger partial charge is 0.501 e. The van der Waals surface area contributed by atoms with E-state index in [0.717, 1.165) is 0 Å². The van der Waals surface area contributed by atoms with E-state index in [9.17, 15) is 71.6 Å². The number of carbonyl (C=O) groups is 1. The molecule has 0 fully saturated rings. The first-order valence-corrected chi connectivity index (χ1v) is 9.37. The van der Waals surface area contributed by atoms with Crippen molar-refractivity contribution in [2.45, 2.75) is 34.6 Å². The van der Waals surface area contributed by atoms with Crippen molar-refractivity contribution in [2.24, 2.45) is 0 Å². The van der Waals surface area contributed by atoms with Gasteiger partial charge in [0.05, 0.1) is 9.82 Å². The zero-order valence-corrected chi connectivity index (χ0v) is 16.4. The van der Waals surface area contributed by atoms with Gasteiger partial charge < -0.3 is 9.47 Å². The van der Waals surface area contributed by atoms with Crippen LogP contribution in [-0.4, -0.2) is 62.2 Å². The van der Waals surface area contributed by atoms with Gasteiger partial charge in [0.2, 0.25) is 0 Å². The molecule has 20 heteroatoms. The Morgan fingerprint density at radius 1 is 1.03 bits per heavy atom. The average molecular weight is 543 g/mol. The van der Waals surface area contributed by atoms with Crippen molar-refractivity contribution in [3.05, 3.63) is 28.3 Å². The molecule has 0 spiro atoms. The second-order valence-corrected chi connectivity index (χ2v) is 7.93. The third-order valence-corrected chi connectivity index (χ3v) is 5.14. The van der Waals surface area contributed by atoms with Crippen molar-refractivity contribution in [3.8, 4) is 5.75 Å². The Balaban J connectivity index is 2.98. The Morgan fingerprint density at radius 3 is 2.00 bits per heavy atom. The van der Waals surface area contributed by atoms with Crippen LogP contribution in [0.1, 0.15) is 0 Å². The van der Waals surface area contributed by atoms with Gasteiger partial charge in [-0.2, -0.15) is 39.5 Å². The third kappa shape index (κ3) is 5.58. The molecule has 0 aliphatic heterocycles. The maximum absolute atomic E-state index is 13.3. The van der Waals surface area contributed by atoms with Crippen molar-refractivity contribution in [1.82, 2.24) is 0 Å². The van der Waals surface area contributed by atoms with E-state index in [1.807, 2.05) is 0 Å². The van der Waals surface area contributed by atoms with Crippen LogP contribution in [0, 0.1) is 10.1 Å². The molecule has 1 rings (SSSR count). The number of hydrogen-bond donors (Lipinski definition) is 0. The highest BCUT2D eigenvalue weighted by molar-refractivity contribution is 7.92. The molecule has 0 unspecified atom stereocenters. The van der Waals surface area contributed by atoms with Gasteiger partial charge in [-0.3, -0.25) is 10.1 Å². The minimum atomic E-state index is -6.69. The van der Waals surface area contributed by atoms with Gasteiger partial charge in [-0.05, 0) is 12.1 Å². The molecule has 8 nitrogen and oxygen atoms in total. The third-order valence-electron chi connectivity index (χ3n) is 3.65. The molecule has 1 aromatic carbocycles. The molecule has 0 heterocycles. The van der Waals surface area contributed by atoms with Crippen LogP contribution >= 0.6 is 0 Å². The molecule has 0 aliphatic carbocycles. The van der Waals surface area contributed by atoms with E-state index in [-0.39, 0.29) is 18.2 Å². The first-order valence-electron chi connectivity index (χ1n) is 7.89. The molecule has 0 radical (unpaired) electrons. The van der Waals surface area contributed by atoms with Gasteiger partial charge >= 0.3 is 41.4 Å². The molecule has 0 amide bonds. The molecule has 0 bridgehead atoms. The van der Waals surface area contributed by atoms with Crippen molar-refractivity contribution in [1.29, 1.82) is 0 Å². The molecule has 0 N–H and O–H groups in total. The average Bonchev–Trinajstić information content (AvgIpc) is 2.69. The second-order valence-electron chi connectivity index (χ2n) is 5.99. The summed E-state index contributed by atoms with van der Waals surface area (Å²) in [6, 6.07) is 0.262. The number of benzene rings is 1. The van der Waals surface area contributed by atoms with Gasteiger partial charge in [0, 0.05) is 6.07 Å². The van der Waals surface area contributed by atoms with E-state index in [4.69, 9.17) is 0 Å². The topological polar surface area (TPSA) is 113 Å². The van der Waals surface area contributed by atoms with Crippen molar-refractivity contribution >= 4 is 21.5 Å². The fraction of sp³-hybridized carbons (Fsp3) is 0.500. The summed E-state index contributed by atoms with van der Waals surface area (Å²) in [5, 5.41) is 10.9. The van der Waals surface area contributed by atoms with Crippen LogP contribution in [0.5, 0.6) is 5.75 Å². The lowest BCUT2D eigenvalue weighted by atomic mass is 10.1. The number of ether oxygens (including phenoxy) is 2. The first kappa shape index (κ1) is 29.1. The van der Waals surface area contributed by atoms with E-state index in [1.54, 1.807) is 0 Å². The van der Waals surface area contributed by atoms with Crippen LogP contribution < -0.4 is 4.74 Å². The Kier molecular flexibility index (Phi) is 8.02. The van der Waals surface area contributed by atoms with Crippen LogP contribution in [0.25, 0.3) is 0 Å². The highest BCUT2D eigenvalue weighted by atomic mass is 32.2. The van der Waals surface area contributed by atoms with Gasteiger partial charge in [0.25, 0.3) is 9.84 Å². The molecular formula is C14H8F11NO7S. The van der Waals surface area contributed by atoms with Crippen LogP contribution in [0.2, 0.25) is 0 Å². The summed E-state index contributed by atoms with van der Waals surface area (Å²) >= 11 is 0. The molecule has 0 saturated heterocycles. The van der Waals surface area contributed by atoms with E-state index >= 15 is 0 Å². The molecule has 0 aliphatic rings. The van der Waals surface area contributed by atoms with Crippen molar-refractivity contribution < 1.29 is 75.9 Å². The molecule has 0 saturated carbocycles. The van der Waals surface area contributed by atoms with E-state index < -0.39 is 80.0 Å². The van der Waals surface area contributed by atoms with Crippen molar-refractivity contribution in [3.63, 3.8) is 0 Å². The summed E-state index contributed by atoms with van der Waals surface area (Å²) in [5.74, 6) is -22.4. The highest BCUT2D eigenvalue weighted by Crippen LogP contribution is 2.48. The standard InChI is InChI=1S/C14H8F11NO7S/c15-10(16)12(19,20)13(21,22)11(17,18)5-33-9(27)4-32-8-2-1-6(3-7(8)26(28)29)34(30,31)14(23,24)25/h1-3,10H,4-5H2. The minimum Gasteiger partial charge on any atom is -0.475 e. The maximum Gasteiger partial charge on any atom is 0.501 e. The van der Waals surface area contributed by atoms with Gasteiger partial charge in [-0.15, -0.1) is 0 Å². The summed E-state index contributed by atoms with van der Waals surface area (Å²) in [5.41, 5.74) is -7.34. The van der Waals surface area contributed by atoms with E-state index in [1.165, 1.54) is 0 Å². The fourth-order valence-electron chi connectivity index (χ4n) is 1.88. The predicted octanol–water partition coefficient (Wildman–Crippen LogP) is 3.98. The van der Waals surface area contributed by atoms with Crippen LogP contribution in [0.3, 0.4) is 0 Å². The number of halogens is 11. The number of nitro groups is 1. The van der Waals surface area contributed by atoms with Gasteiger partial charge in [0.1, 0.15) is 0 Å². The first-order chi connectivity index (χ1) is 15.1. The van der Waals surface area contributed by atoms with E-state index in [0.29, 0.717) is 0 Å². The van der Waals surface area contributed by atoms with Crippen LogP contribution in [0.4, 0.5) is 54.0 Å². The molecular weight excluding hydrogens is 535 g/mol. The zero-order valence-electron chi connectivity index (χ0n) is 15.6. The lowest BCUT2D eigenvalue weighted by Crippen LogP contribution is -2.59. The zero-order chi connectivity index (χ0) is 26.9. The molecule has 0 aromatic heterocycles. The minimum absolute atomic E-state index is 0.134. The highest BCUT2D eigenvalue weighted by Gasteiger charge is 2.75. The van der Waals surface area contributed by atoms with Gasteiger partial charge in [-0.25, -0.2) is 22.0 Å². The molecule has 34 heavy (non-hydrogen) atoms. The monoisotopic (exact) mass is 543 g/mol. The predicted molar refractivity (Wildman–Crippen MR) is 83.6 cm³/mol. The Hall–Kier alpha value is -2.93. The molecule has 0 atom stereocenters. The summed E-state index contributed by atoms with van der Waals surface area (Å²) < 4.78 is 170. The summed E-state index contributed by atoms with van der Waals surface area (Å²) in [6.07, 6.45) is -5.22. The fourth-order valence-corrected chi connectivity index (χ4v) is 2.66. The number of nitro benzene ring substituents is 1. The lowest BCUT2D eigenvalue weighted by molar-refractivity contribution is -0.386. The van der Waals surface area contributed by atoms with Gasteiger partial charge in [0.15, 0.2) is 19.0 Å². The number of rotatable bonds is 10. The SMILES string of the molecule is O=C(COc1ccc(S(=O)(=O)C(F)(F)F)cc1[N+](=O)[O-])OCC(F)(F)C(F)(F)C(F)(F)C(F)F. The summed E-state index contributed by atoms with van der Waals surface area (Å²) in [7, 11) is -6.06.